The number of aromatic nitrogens is 2. The van der Waals surface area contributed by atoms with Gasteiger partial charge in [-0.05, 0) is 23.6 Å². The fraction of sp³-hybridized carbons (Fsp3) is 0. The van der Waals surface area contributed by atoms with Crippen LogP contribution in [0, 0.1) is 13.5 Å². The van der Waals surface area contributed by atoms with Gasteiger partial charge in [0.05, 0.1) is 16.7 Å². The largest absolute Gasteiger partial charge is 2.00 e. The number of imidazole rings is 1. The van der Waals surface area contributed by atoms with Crippen molar-refractivity contribution in [3.63, 3.8) is 0 Å². The first kappa shape index (κ1) is 19.2. The average Bonchev–Trinajstić information content (AvgIpc) is 2.95. The van der Waals surface area contributed by atoms with Crippen LogP contribution in [0.15, 0.2) is 66.7 Å². The molecule has 5 aromatic rings. The van der Waals surface area contributed by atoms with Crippen LogP contribution in [0.25, 0.3) is 38.4 Å². The Morgan fingerprint density at radius 3 is 2.29 bits per heavy atom. The molecule has 1 radical (unpaired) electrons. The van der Waals surface area contributed by atoms with E-state index in [9.17, 15) is 0 Å². The summed E-state index contributed by atoms with van der Waals surface area (Å²) in [7, 11) is 0. The zero-order valence-corrected chi connectivity index (χ0v) is 18.2. The van der Waals surface area contributed by atoms with Crippen molar-refractivity contribution in [2.45, 2.75) is 0 Å². The fourth-order valence-corrected chi connectivity index (χ4v) is 3.18. The quantitative estimate of drug-likeness (QED) is 0.190. The number of nitrogens with zero attached hydrogens (tertiary/aromatic N) is 2. The molecule has 0 spiro atoms. The van der Waals surface area contributed by atoms with Crippen LogP contribution in [-0.4, -0.2) is 9.38 Å². The summed E-state index contributed by atoms with van der Waals surface area (Å²) in [6.07, 6.45) is 0. The van der Waals surface area contributed by atoms with E-state index in [1.807, 2.05) is 18.2 Å². The van der Waals surface area contributed by atoms with E-state index in [0.717, 1.165) is 22.1 Å². The van der Waals surface area contributed by atoms with Gasteiger partial charge in [-0.15, -0.1) is 29.7 Å². The van der Waals surface area contributed by atoms with Gasteiger partial charge in [-0.1, -0.05) is 35.7 Å². The molecule has 2 nitrogen and oxygen atoms in total. The van der Waals surface area contributed by atoms with Gasteiger partial charge in [0, 0.05) is 38.2 Å². The normalized spacial score (nSPS) is 10.3. The van der Waals surface area contributed by atoms with Crippen molar-refractivity contribution in [1.29, 1.82) is 0 Å². The third-order valence-corrected chi connectivity index (χ3v) is 4.08. The molecule has 0 atom stereocenters. The number of rotatable bonds is 0. The number of para-hydroxylation sites is 3. The van der Waals surface area contributed by atoms with Crippen LogP contribution in [0.5, 0.6) is 0 Å². The van der Waals surface area contributed by atoms with Crippen LogP contribution < -0.4 is 0 Å². The van der Waals surface area contributed by atoms with Crippen molar-refractivity contribution in [1.82, 2.24) is 9.38 Å². The SMILES string of the molecule is [CH3-].[Pt+2].[Y].[c-]1cccc2c1c1nc3ccccc3n1c1ccccc21. The van der Waals surface area contributed by atoms with E-state index in [1.54, 1.807) is 0 Å². The molecule has 3 aromatic carbocycles. The van der Waals surface area contributed by atoms with Crippen molar-refractivity contribution < 1.29 is 53.8 Å². The smallest absolute Gasteiger partial charge is 0.358 e. The summed E-state index contributed by atoms with van der Waals surface area (Å²) in [5.41, 5.74) is 4.33. The minimum atomic E-state index is 0. The van der Waals surface area contributed by atoms with Crippen molar-refractivity contribution in [3.8, 4) is 0 Å². The maximum absolute atomic E-state index is 4.83. The number of hydrogen-bond donors (Lipinski definition) is 0. The zero-order valence-electron chi connectivity index (χ0n) is 13.1. The minimum absolute atomic E-state index is 0. The standard InChI is InChI=1S/C19H11N2.CH3.Pt.Y/c1-2-9-15-13(7-1)14-8-3-5-11-17(14)21-18-12-6-4-10-16(18)20-19(15)21;;;/h1-8,10-12H;1H3;;/q2*-1;+2;. The van der Waals surface area contributed by atoms with Gasteiger partial charge in [-0.25, -0.2) is 0 Å². The molecule has 0 bridgehead atoms. The Balaban J connectivity index is 0.000000694. The molecule has 117 valence electrons. The van der Waals surface area contributed by atoms with Crippen LogP contribution in [0.2, 0.25) is 0 Å². The van der Waals surface area contributed by atoms with E-state index in [0.29, 0.717) is 0 Å². The van der Waals surface area contributed by atoms with Crippen LogP contribution in [0.3, 0.4) is 0 Å². The Hall–Kier alpha value is -1.08. The van der Waals surface area contributed by atoms with Crippen LogP contribution >= 0.6 is 0 Å². The maximum Gasteiger partial charge on any atom is 2.00 e. The third kappa shape index (κ3) is 2.66. The topological polar surface area (TPSA) is 17.3 Å². The summed E-state index contributed by atoms with van der Waals surface area (Å²) in [5.74, 6) is 0. The predicted octanol–water partition coefficient (Wildman–Crippen LogP) is 5.04. The first-order chi connectivity index (χ1) is 10.4. The van der Waals surface area contributed by atoms with Gasteiger partial charge in [0.25, 0.3) is 0 Å². The number of pyridine rings is 1. The molecule has 0 saturated heterocycles. The van der Waals surface area contributed by atoms with Gasteiger partial charge in [0.2, 0.25) is 0 Å². The van der Waals surface area contributed by atoms with E-state index < -0.39 is 0 Å². The summed E-state index contributed by atoms with van der Waals surface area (Å²) < 4.78 is 2.24. The summed E-state index contributed by atoms with van der Waals surface area (Å²) in [5, 5.41) is 3.52. The van der Waals surface area contributed by atoms with Crippen molar-refractivity contribution >= 4 is 38.4 Å². The molecule has 0 amide bonds. The van der Waals surface area contributed by atoms with Gasteiger partial charge in [-0.3, -0.25) is 4.98 Å². The Morgan fingerprint density at radius 2 is 1.46 bits per heavy atom. The summed E-state index contributed by atoms with van der Waals surface area (Å²) >= 11 is 0. The molecule has 0 fully saturated rings. The summed E-state index contributed by atoms with van der Waals surface area (Å²) in [6.45, 7) is 0. The van der Waals surface area contributed by atoms with E-state index in [2.05, 4.69) is 59.0 Å². The Kier molecular flexibility index (Phi) is 5.96. The molecule has 0 unspecified atom stereocenters. The number of fused-ring (bicyclic) bond motifs is 8. The molecular weight excluding hydrogens is 552 g/mol. The van der Waals surface area contributed by atoms with E-state index in [-0.39, 0.29) is 61.2 Å². The second kappa shape index (κ2) is 7.44. The molecule has 2 heterocycles. The molecule has 0 saturated carbocycles. The molecular formula is C20H14N2PtY. The molecule has 5 rings (SSSR count). The van der Waals surface area contributed by atoms with E-state index >= 15 is 0 Å². The van der Waals surface area contributed by atoms with Crippen LogP contribution in [0.4, 0.5) is 0 Å². The first-order valence-electron chi connectivity index (χ1n) is 7.02. The van der Waals surface area contributed by atoms with E-state index in [4.69, 9.17) is 4.98 Å². The van der Waals surface area contributed by atoms with Crippen LogP contribution in [0.1, 0.15) is 0 Å². The average molecular weight is 566 g/mol. The second-order valence-electron chi connectivity index (χ2n) is 5.24. The third-order valence-electron chi connectivity index (χ3n) is 4.08. The number of benzene rings is 3. The van der Waals surface area contributed by atoms with Gasteiger partial charge in [0.15, 0.2) is 0 Å². The molecule has 4 heteroatoms. The van der Waals surface area contributed by atoms with Crippen molar-refractivity contribution in [3.05, 3.63) is 80.2 Å². The Labute approximate surface area is 180 Å². The van der Waals surface area contributed by atoms with Crippen molar-refractivity contribution in [2.24, 2.45) is 0 Å². The van der Waals surface area contributed by atoms with E-state index in [1.165, 1.54) is 16.3 Å². The molecule has 0 aliphatic heterocycles. The molecule has 24 heavy (non-hydrogen) atoms. The zero-order chi connectivity index (χ0) is 13.8. The summed E-state index contributed by atoms with van der Waals surface area (Å²) in [4.78, 5) is 4.83. The second-order valence-corrected chi connectivity index (χ2v) is 5.24. The first-order valence-corrected chi connectivity index (χ1v) is 7.02. The predicted molar refractivity (Wildman–Crippen MR) is 93.0 cm³/mol. The summed E-state index contributed by atoms with van der Waals surface area (Å²) in [6, 6.07) is 26.3. The van der Waals surface area contributed by atoms with Crippen LogP contribution in [-0.2, 0) is 53.8 Å². The van der Waals surface area contributed by atoms with Gasteiger partial charge in [0.1, 0.15) is 0 Å². The molecule has 0 N–H and O–H groups in total. The van der Waals surface area contributed by atoms with Crippen molar-refractivity contribution in [2.75, 3.05) is 0 Å². The van der Waals surface area contributed by atoms with Gasteiger partial charge in [-0.2, -0.15) is 0 Å². The Bertz CT molecular complexity index is 1150. The Morgan fingerprint density at radius 1 is 0.792 bits per heavy atom. The van der Waals surface area contributed by atoms with Gasteiger partial charge >= 0.3 is 21.1 Å². The number of hydrogen-bond acceptors (Lipinski definition) is 1. The minimum Gasteiger partial charge on any atom is -0.358 e. The maximum atomic E-state index is 4.83. The molecule has 0 aliphatic rings. The molecule has 2 aromatic heterocycles. The van der Waals surface area contributed by atoms with Gasteiger partial charge < -0.3 is 11.8 Å². The molecule has 0 aliphatic carbocycles. The monoisotopic (exact) mass is 566 g/mol. The fourth-order valence-electron chi connectivity index (χ4n) is 3.18.